The first-order valence-corrected chi connectivity index (χ1v) is 15.4. The number of rotatable bonds is 7. The van der Waals surface area contributed by atoms with E-state index in [2.05, 4.69) is 31.3 Å². The maximum atomic E-state index is 14.5. The number of aliphatic hydroxyl groups excluding tert-OH is 2. The van der Waals surface area contributed by atoms with Crippen LogP contribution in [0.3, 0.4) is 0 Å². The Morgan fingerprint density at radius 2 is 1.67 bits per heavy atom. The van der Waals surface area contributed by atoms with Gasteiger partial charge in [0.1, 0.15) is 22.8 Å². The lowest BCUT2D eigenvalue weighted by Gasteiger charge is -2.59. The second-order valence-corrected chi connectivity index (χ2v) is 14.2. The van der Waals surface area contributed by atoms with E-state index in [1.54, 1.807) is 27.1 Å². The summed E-state index contributed by atoms with van der Waals surface area (Å²) in [6.45, 7) is 7.90. The number of ketones is 2. The largest absolute Gasteiger partial charge is 0.508 e. The SMILES string of the molecule is CC(C)c1ccc(CNc2cc(N(C)C)c3c(c2O)C(O)=C2C(=O)[C@]4(O)C(O)=C(C(N)=O)C(=O)[C@@H](N(C)C)[C@]4(C)C[C@]2(C)C3)cc1. The highest BCUT2D eigenvalue weighted by Gasteiger charge is 2.72. The van der Waals surface area contributed by atoms with Crippen LogP contribution in [0.5, 0.6) is 5.75 Å². The number of aromatic hydroxyl groups is 1. The van der Waals surface area contributed by atoms with E-state index < -0.39 is 57.0 Å². The van der Waals surface area contributed by atoms with E-state index >= 15 is 0 Å². The molecule has 0 unspecified atom stereocenters. The predicted octanol–water partition coefficient (Wildman–Crippen LogP) is 3.55. The minimum atomic E-state index is -2.77. The van der Waals surface area contributed by atoms with Crippen LogP contribution in [-0.4, -0.2) is 82.6 Å². The summed E-state index contributed by atoms with van der Waals surface area (Å²) >= 11 is 0. The molecule has 4 atom stereocenters. The molecule has 46 heavy (non-hydrogen) atoms. The summed E-state index contributed by atoms with van der Waals surface area (Å²) in [7, 11) is 6.83. The molecule has 246 valence electrons. The van der Waals surface area contributed by atoms with E-state index in [1.165, 1.54) is 17.4 Å². The molecule has 7 N–H and O–H groups in total. The zero-order valence-corrected chi connectivity index (χ0v) is 27.6. The quantitative estimate of drug-likeness (QED) is 0.196. The Hall–Kier alpha value is -4.35. The maximum Gasteiger partial charge on any atom is 0.255 e. The lowest BCUT2D eigenvalue weighted by atomic mass is 9.46. The second kappa shape index (κ2) is 10.9. The van der Waals surface area contributed by atoms with E-state index in [9.17, 15) is 34.8 Å². The van der Waals surface area contributed by atoms with Gasteiger partial charge in [-0.2, -0.15) is 0 Å². The molecule has 5 rings (SSSR count). The molecule has 2 aromatic rings. The molecule has 0 saturated heterocycles. The van der Waals surface area contributed by atoms with Crippen LogP contribution in [0.25, 0.3) is 5.76 Å². The second-order valence-electron chi connectivity index (χ2n) is 14.2. The van der Waals surface area contributed by atoms with Crippen molar-refractivity contribution in [3.05, 3.63) is 69.5 Å². The molecule has 0 aromatic heterocycles. The van der Waals surface area contributed by atoms with Gasteiger partial charge in [0.05, 0.1) is 17.3 Å². The van der Waals surface area contributed by atoms with Crippen molar-refractivity contribution in [1.29, 1.82) is 0 Å². The minimum absolute atomic E-state index is 0.0338. The highest BCUT2D eigenvalue weighted by molar-refractivity contribution is 6.25. The van der Waals surface area contributed by atoms with E-state index in [-0.39, 0.29) is 29.7 Å². The number of carbonyl (C=O) groups excluding carboxylic acids is 3. The Morgan fingerprint density at radius 3 is 2.20 bits per heavy atom. The van der Waals surface area contributed by atoms with Gasteiger partial charge in [0.15, 0.2) is 11.4 Å². The van der Waals surface area contributed by atoms with Crippen molar-refractivity contribution < 1.29 is 34.8 Å². The van der Waals surface area contributed by atoms with Crippen LogP contribution in [0, 0.1) is 10.8 Å². The fourth-order valence-electron chi connectivity index (χ4n) is 8.12. The lowest BCUT2D eigenvalue weighted by Crippen LogP contribution is -2.72. The van der Waals surface area contributed by atoms with Gasteiger partial charge < -0.3 is 36.4 Å². The first-order valence-electron chi connectivity index (χ1n) is 15.4. The summed E-state index contributed by atoms with van der Waals surface area (Å²) in [5, 5.41) is 50.3. The summed E-state index contributed by atoms with van der Waals surface area (Å²) < 4.78 is 0. The first-order chi connectivity index (χ1) is 21.3. The number of aliphatic hydroxyl groups is 3. The van der Waals surface area contributed by atoms with E-state index in [1.807, 2.05) is 31.1 Å². The van der Waals surface area contributed by atoms with Gasteiger partial charge in [0.2, 0.25) is 5.78 Å². The normalized spacial score (nSPS) is 27.5. The van der Waals surface area contributed by atoms with E-state index in [4.69, 9.17) is 5.73 Å². The zero-order chi connectivity index (χ0) is 34.3. The average Bonchev–Trinajstić information content (AvgIpc) is 2.94. The topological polar surface area (TPSA) is 177 Å². The molecule has 3 aliphatic rings. The molecule has 1 saturated carbocycles. The number of likely N-dealkylation sites (N-methyl/N-ethyl adjacent to an activating group) is 1. The van der Waals surface area contributed by atoms with Gasteiger partial charge in [-0.15, -0.1) is 0 Å². The molecule has 0 heterocycles. The Kier molecular flexibility index (Phi) is 7.81. The molecule has 0 radical (unpaired) electrons. The number of amides is 1. The first kappa shape index (κ1) is 33.0. The number of nitrogens with zero attached hydrogens (tertiary/aromatic N) is 2. The summed E-state index contributed by atoms with van der Waals surface area (Å²) in [6, 6.07) is 8.70. The van der Waals surface area contributed by atoms with Crippen molar-refractivity contribution in [3.8, 4) is 5.75 Å². The Bertz CT molecular complexity index is 1720. The average molecular weight is 633 g/mol. The number of phenolic OH excluding ortho intramolecular Hbond substituents is 1. The molecule has 0 spiro atoms. The number of Topliss-reactive ketones (excluding diaryl/α,β-unsaturated/α-hetero) is 2. The third-order valence-corrected chi connectivity index (χ3v) is 10.2. The fourth-order valence-corrected chi connectivity index (χ4v) is 8.12. The van der Waals surface area contributed by atoms with Gasteiger partial charge in [0.25, 0.3) is 5.91 Å². The third kappa shape index (κ3) is 4.51. The molecule has 11 nitrogen and oxygen atoms in total. The van der Waals surface area contributed by atoms with Gasteiger partial charge in [-0.1, -0.05) is 52.0 Å². The Morgan fingerprint density at radius 1 is 1.07 bits per heavy atom. The molecule has 0 bridgehead atoms. The number of nitrogens with two attached hydrogens (primary N) is 1. The van der Waals surface area contributed by atoms with Crippen LogP contribution in [0.1, 0.15) is 62.3 Å². The van der Waals surface area contributed by atoms with Gasteiger partial charge in [0, 0.05) is 42.7 Å². The van der Waals surface area contributed by atoms with Gasteiger partial charge >= 0.3 is 0 Å². The number of carbonyl (C=O) groups is 3. The Balaban J connectivity index is 1.69. The van der Waals surface area contributed by atoms with E-state index in [0.717, 1.165) is 5.56 Å². The number of phenols is 1. The number of hydrogen-bond donors (Lipinski definition) is 6. The van der Waals surface area contributed by atoms with Crippen LogP contribution >= 0.6 is 0 Å². The number of anilines is 2. The van der Waals surface area contributed by atoms with Gasteiger partial charge in [-0.25, -0.2) is 0 Å². The number of nitrogens with one attached hydrogen (secondary N) is 1. The summed E-state index contributed by atoms with van der Waals surface area (Å²) in [4.78, 5) is 43.9. The van der Waals surface area contributed by atoms with Crippen LogP contribution in [-0.2, 0) is 27.3 Å². The zero-order valence-electron chi connectivity index (χ0n) is 27.6. The molecule has 11 heteroatoms. The van der Waals surface area contributed by atoms with Gasteiger partial charge in [-0.05, 0) is 55.6 Å². The van der Waals surface area contributed by atoms with Crippen molar-refractivity contribution >= 4 is 34.6 Å². The summed E-state index contributed by atoms with van der Waals surface area (Å²) in [5.41, 5.74) is 2.70. The predicted molar refractivity (Wildman–Crippen MR) is 176 cm³/mol. The summed E-state index contributed by atoms with van der Waals surface area (Å²) in [5.74, 6) is -4.69. The molecular formula is C35H44N4O7. The fraction of sp³-hybridized carbons (Fsp3) is 0.457. The molecule has 1 amide bonds. The third-order valence-electron chi connectivity index (χ3n) is 10.2. The van der Waals surface area contributed by atoms with Crippen molar-refractivity contribution in [2.75, 3.05) is 38.4 Å². The Labute approximate surface area is 269 Å². The van der Waals surface area contributed by atoms with Crippen LogP contribution in [0.2, 0.25) is 0 Å². The van der Waals surface area contributed by atoms with E-state index in [0.29, 0.717) is 29.4 Å². The van der Waals surface area contributed by atoms with Gasteiger partial charge in [-0.3, -0.25) is 19.3 Å². The number of benzene rings is 2. The van der Waals surface area contributed by atoms with Crippen molar-refractivity contribution in [2.24, 2.45) is 16.6 Å². The van der Waals surface area contributed by atoms with Crippen LogP contribution in [0.15, 0.2) is 47.2 Å². The maximum absolute atomic E-state index is 14.5. The smallest absolute Gasteiger partial charge is 0.255 e. The molecule has 1 fully saturated rings. The number of fused-ring (bicyclic) bond motifs is 3. The molecule has 3 aliphatic carbocycles. The minimum Gasteiger partial charge on any atom is -0.508 e. The number of hydrogen-bond acceptors (Lipinski definition) is 10. The monoisotopic (exact) mass is 632 g/mol. The van der Waals surface area contributed by atoms with Crippen molar-refractivity contribution in [3.63, 3.8) is 0 Å². The van der Waals surface area contributed by atoms with Crippen molar-refractivity contribution in [1.82, 2.24) is 4.90 Å². The highest BCUT2D eigenvalue weighted by Crippen LogP contribution is 2.63. The molecule has 2 aromatic carbocycles. The van der Waals surface area contributed by atoms with Crippen LogP contribution < -0.4 is 16.0 Å². The number of primary amides is 1. The van der Waals surface area contributed by atoms with Crippen LogP contribution in [0.4, 0.5) is 11.4 Å². The lowest BCUT2D eigenvalue weighted by molar-refractivity contribution is -0.175. The molecular weight excluding hydrogens is 588 g/mol. The molecule has 0 aliphatic heterocycles. The summed E-state index contributed by atoms with van der Waals surface area (Å²) in [6.07, 6.45) is 0.129. The highest BCUT2D eigenvalue weighted by atomic mass is 16.3. The standard InChI is InChI=1S/C35H44N4O7/c1-17(2)19-11-9-18(10-12-19)15-37-21-13-22(38(5)6)20-14-33(3)16-34(4)29(39(7)8)28(42)24(32(36)45)30(43)35(34,46)31(44)25(33)27(41)23(20)26(21)40/h9-13,17,29,37,40-41,43,46H,14-16H2,1-8H3,(H2,36,45)/t29-,33+,34+,35-/m1/s1. The van der Waals surface area contributed by atoms with Crippen molar-refractivity contribution in [2.45, 2.75) is 64.6 Å².